The van der Waals surface area contributed by atoms with Crippen LogP contribution in [0.25, 0.3) is 0 Å². The number of ketones is 1. The summed E-state index contributed by atoms with van der Waals surface area (Å²) in [6.45, 7) is 3.02. The van der Waals surface area contributed by atoms with E-state index in [0.29, 0.717) is 17.8 Å². The molecule has 0 N–H and O–H groups in total. The third-order valence-corrected chi connectivity index (χ3v) is 5.87. The van der Waals surface area contributed by atoms with Crippen LogP contribution in [0.5, 0.6) is 0 Å². The fraction of sp³-hybridized carbons (Fsp3) is 0.455. The first-order valence-electron chi connectivity index (χ1n) is 9.47. The normalized spacial score (nSPS) is 26.4. The molecule has 3 nitrogen and oxygen atoms in total. The van der Waals surface area contributed by atoms with Crippen LogP contribution < -0.4 is 0 Å². The number of aromatic nitrogens is 1. The molecule has 2 bridgehead atoms. The number of fused-ring (bicyclic) bond motifs is 2. The van der Waals surface area contributed by atoms with Gasteiger partial charge in [-0.05, 0) is 49.8 Å². The largest absolute Gasteiger partial charge is 0.293 e. The average Bonchev–Trinajstić information content (AvgIpc) is 2.62. The zero-order valence-corrected chi connectivity index (χ0v) is 14.9. The van der Waals surface area contributed by atoms with Gasteiger partial charge in [0.05, 0.1) is 0 Å². The van der Waals surface area contributed by atoms with Crippen molar-refractivity contribution in [3.8, 4) is 0 Å². The van der Waals surface area contributed by atoms with Crippen molar-refractivity contribution in [2.75, 3.05) is 0 Å². The number of rotatable bonds is 4. The molecule has 0 saturated carbocycles. The van der Waals surface area contributed by atoms with Gasteiger partial charge >= 0.3 is 0 Å². The number of pyridine rings is 1. The van der Waals surface area contributed by atoms with Gasteiger partial charge in [-0.3, -0.25) is 14.7 Å². The second-order valence-corrected chi connectivity index (χ2v) is 7.65. The molecule has 25 heavy (non-hydrogen) atoms. The van der Waals surface area contributed by atoms with Crippen LogP contribution in [0.2, 0.25) is 0 Å². The van der Waals surface area contributed by atoms with Gasteiger partial charge in [-0.25, -0.2) is 0 Å². The van der Waals surface area contributed by atoms with E-state index in [0.717, 1.165) is 24.9 Å². The molecule has 2 unspecified atom stereocenters. The van der Waals surface area contributed by atoms with E-state index in [1.54, 1.807) is 6.20 Å². The van der Waals surface area contributed by atoms with E-state index < -0.39 is 0 Å². The van der Waals surface area contributed by atoms with Crippen molar-refractivity contribution in [2.45, 2.75) is 57.7 Å². The Hall–Kier alpha value is -2.00. The first kappa shape index (κ1) is 16.5. The summed E-state index contributed by atoms with van der Waals surface area (Å²) in [5.41, 5.74) is 3.13. The number of piperidine rings is 2. The Balaban J connectivity index is 1.49. The molecular weight excluding hydrogens is 308 g/mol. The maximum Gasteiger partial charge on any atom is 0.184 e. The van der Waals surface area contributed by atoms with E-state index in [1.807, 2.05) is 19.1 Å². The minimum atomic E-state index is 0.137. The maximum atomic E-state index is 12.9. The molecule has 2 fully saturated rings. The Kier molecular flexibility index (Phi) is 4.67. The van der Waals surface area contributed by atoms with Crippen molar-refractivity contribution in [3.63, 3.8) is 0 Å². The van der Waals surface area contributed by atoms with E-state index in [-0.39, 0.29) is 11.7 Å². The summed E-state index contributed by atoms with van der Waals surface area (Å²) in [6, 6.07) is 15.7. The highest BCUT2D eigenvalue weighted by atomic mass is 16.1. The molecule has 0 spiro atoms. The molecule has 0 aliphatic carbocycles. The third kappa shape index (κ3) is 3.52. The quantitative estimate of drug-likeness (QED) is 0.777. The van der Waals surface area contributed by atoms with Crippen molar-refractivity contribution < 1.29 is 4.79 Å². The van der Waals surface area contributed by atoms with E-state index in [1.165, 1.54) is 24.8 Å². The van der Waals surface area contributed by atoms with E-state index in [4.69, 9.17) is 0 Å². The summed E-state index contributed by atoms with van der Waals surface area (Å²) < 4.78 is 0. The summed E-state index contributed by atoms with van der Waals surface area (Å²) in [4.78, 5) is 20.0. The van der Waals surface area contributed by atoms with Crippen LogP contribution in [0.4, 0.5) is 0 Å². The Morgan fingerprint density at radius 1 is 1.08 bits per heavy atom. The lowest BCUT2D eigenvalue weighted by molar-refractivity contribution is 0.00891. The molecule has 130 valence electrons. The highest BCUT2D eigenvalue weighted by Crippen LogP contribution is 2.39. The van der Waals surface area contributed by atoms with Crippen molar-refractivity contribution in [1.82, 2.24) is 9.88 Å². The predicted octanol–water partition coefficient (Wildman–Crippen LogP) is 4.41. The molecule has 3 heteroatoms. The molecule has 4 rings (SSSR count). The summed E-state index contributed by atoms with van der Waals surface area (Å²) in [5.74, 6) is 0.383. The lowest BCUT2D eigenvalue weighted by atomic mass is 9.76. The molecule has 1 aromatic heterocycles. The van der Waals surface area contributed by atoms with Gasteiger partial charge < -0.3 is 0 Å². The third-order valence-electron chi connectivity index (χ3n) is 5.87. The van der Waals surface area contributed by atoms with Gasteiger partial charge in [0.25, 0.3) is 0 Å². The number of Topliss-reactive ketones (excluding diaryl/α,β-unsaturated/α-hetero) is 1. The summed E-state index contributed by atoms with van der Waals surface area (Å²) >= 11 is 0. The predicted molar refractivity (Wildman–Crippen MR) is 99.4 cm³/mol. The maximum absolute atomic E-state index is 12.9. The van der Waals surface area contributed by atoms with Gasteiger partial charge in [-0.2, -0.15) is 0 Å². The summed E-state index contributed by atoms with van der Waals surface area (Å²) in [6.07, 6.45) is 7.50. The number of hydrogen-bond donors (Lipinski definition) is 0. The minimum Gasteiger partial charge on any atom is -0.293 e. The number of aryl methyl sites for hydroxylation is 1. The van der Waals surface area contributed by atoms with Crippen molar-refractivity contribution >= 4 is 5.78 Å². The highest BCUT2D eigenvalue weighted by molar-refractivity contribution is 5.96. The molecule has 3 heterocycles. The Bertz CT molecular complexity index is 711. The van der Waals surface area contributed by atoms with Gasteiger partial charge in [-0.1, -0.05) is 42.8 Å². The van der Waals surface area contributed by atoms with Crippen LogP contribution in [0, 0.1) is 12.8 Å². The van der Waals surface area contributed by atoms with Crippen LogP contribution in [0.3, 0.4) is 0 Å². The van der Waals surface area contributed by atoms with Gasteiger partial charge in [-0.15, -0.1) is 0 Å². The first-order chi connectivity index (χ1) is 12.2. The number of nitrogens with zero attached hydrogens (tertiary/aromatic N) is 2. The second-order valence-electron chi connectivity index (χ2n) is 7.65. The average molecular weight is 334 g/mol. The molecule has 1 aromatic carbocycles. The monoisotopic (exact) mass is 334 g/mol. The van der Waals surface area contributed by atoms with E-state index >= 15 is 0 Å². The molecule has 0 amide bonds. The zero-order valence-electron chi connectivity index (χ0n) is 14.9. The van der Waals surface area contributed by atoms with Crippen molar-refractivity contribution in [2.24, 2.45) is 5.92 Å². The van der Waals surface area contributed by atoms with Gasteiger partial charge in [0.15, 0.2) is 5.78 Å². The van der Waals surface area contributed by atoms with Gasteiger partial charge in [0, 0.05) is 30.7 Å². The number of carbonyl (C=O) groups excluding carboxylic acids is 1. The zero-order chi connectivity index (χ0) is 17.2. The Morgan fingerprint density at radius 2 is 1.80 bits per heavy atom. The van der Waals surface area contributed by atoms with Gasteiger partial charge in [0.1, 0.15) is 5.69 Å². The molecule has 2 aliphatic rings. The second kappa shape index (κ2) is 7.09. The molecule has 2 atom stereocenters. The summed E-state index contributed by atoms with van der Waals surface area (Å²) in [5, 5.41) is 0. The lowest BCUT2D eigenvalue weighted by Gasteiger charge is -2.48. The first-order valence-corrected chi connectivity index (χ1v) is 9.47. The van der Waals surface area contributed by atoms with Crippen molar-refractivity contribution in [1.29, 1.82) is 0 Å². The molecule has 2 aliphatic heterocycles. The minimum absolute atomic E-state index is 0.137. The van der Waals surface area contributed by atoms with E-state index in [2.05, 4.69) is 40.2 Å². The number of carbonyl (C=O) groups is 1. The van der Waals surface area contributed by atoms with Crippen LogP contribution >= 0.6 is 0 Å². The SMILES string of the molecule is Cc1ccc(C(=O)C2CC3CCCC(C2)N3Cc2ccccc2)nc1. The number of benzene rings is 1. The Morgan fingerprint density at radius 3 is 2.44 bits per heavy atom. The molecular formula is C22H26N2O. The van der Waals surface area contributed by atoms with Crippen LogP contribution in [-0.4, -0.2) is 27.8 Å². The highest BCUT2D eigenvalue weighted by Gasteiger charge is 2.40. The Labute approximate surface area is 150 Å². The van der Waals surface area contributed by atoms with Crippen molar-refractivity contribution in [3.05, 3.63) is 65.5 Å². The van der Waals surface area contributed by atoms with Gasteiger partial charge in [0.2, 0.25) is 0 Å². The van der Waals surface area contributed by atoms with Crippen LogP contribution in [-0.2, 0) is 6.54 Å². The standard InChI is InChI=1S/C22H26N2O/c1-16-10-11-21(23-14-16)22(25)18-12-19-8-5-9-20(13-18)24(19)15-17-6-3-2-4-7-17/h2-4,6-7,10-11,14,18-20H,5,8-9,12-13,15H2,1H3. The lowest BCUT2D eigenvalue weighted by Crippen LogP contribution is -2.52. The molecule has 2 saturated heterocycles. The molecule has 0 radical (unpaired) electrons. The molecule has 2 aromatic rings. The number of hydrogen-bond acceptors (Lipinski definition) is 3. The van der Waals surface area contributed by atoms with Crippen LogP contribution in [0.1, 0.15) is 53.7 Å². The fourth-order valence-electron chi connectivity index (χ4n) is 4.57. The topological polar surface area (TPSA) is 33.2 Å². The van der Waals surface area contributed by atoms with E-state index in [9.17, 15) is 4.79 Å². The fourth-order valence-corrected chi connectivity index (χ4v) is 4.57. The summed E-state index contributed by atoms with van der Waals surface area (Å²) in [7, 11) is 0. The smallest absolute Gasteiger partial charge is 0.184 e. The van der Waals surface area contributed by atoms with Crippen LogP contribution in [0.15, 0.2) is 48.7 Å².